The van der Waals surface area contributed by atoms with E-state index in [1.807, 2.05) is 12.1 Å². The van der Waals surface area contributed by atoms with Crippen molar-refractivity contribution in [2.75, 3.05) is 0 Å². The Kier molecular flexibility index (Phi) is 7.72. The maximum Gasteiger partial charge on any atom is 0.184 e. The second-order valence-electron chi connectivity index (χ2n) is 8.69. The minimum atomic E-state index is -1.81. The molecule has 1 aliphatic carbocycles. The Labute approximate surface area is 160 Å². The van der Waals surface area contributed by atoms with Gasteiger partial charge < -0.3 is 9.16 Å². The van der Waals surface area contributed by atoms with Crippen LogP contribution < -0.4 is 4.74 Å². The van der Waals surface area contributed by atoms with Crippen LogP contribution in [0.5, 0.6) is 5.75 Å². The zero-order valence-electron chi connectivity index (χ0n) is 17.1. The van der Waals surface area contributed by atoms with Gasteiger partial charge in [-0.05, 0) is 76.4 Å². The van der Waals surface area contributed by atoms with Gasteiger partial charge in [-0.2, -0.15) is 0 Å². The van der Waals surface area contributed by atoms with Crippen molar-refractivity contribution in [3.63, 3.8) is 0 Å². The summed E-state index contributed by atoms with van der Waals surface area (Å²) in [4.78, 5) is 0. The number of halogens is 1. The zero-order chi connectivity index (χ0) is 19.2. The number of unbranched alkanes of at least 4 members (excludes halogenated alkanes) is 3. The fraction of sp³-hybridized carbons (Fsp3) is 0.682. The van der Waals surface area contributed by atoms with Gasteiger partial charge >= 0.3 is 0 Å². The summed E-state index contributed by atoms with van der Waals surface area (Å²) in [6, 6.07) is 5.17. The minimum Gasteiger partial charge on any atom is -0.487 e. The first-order valence-corrected chi connectivity index (χ1v) is 13.7. The summed E-state index contributed by atoms with van der Waals surface area (Å²) in [6.07, 6.45) is 10.0. The number of rotatable bonds is 10. The van der Waals surface area contributed by atoms with Gasteiger partial charge in [-0.15, -0.1) is 0 Å². The van der Waals surface area contributed by atoms with Gasteiger partial charge in [0.2, 0.25) is 0 Å². The smallest absolute Gasteiger partial charge is 0.184 e. The van der Waals surface area contributed by atoms with Crippen molar-refractivity contribution in [1.29, 1.82) is 0 Å². The molecule has 0 spiro atoms. The van der Waals surface area contributed by atoms with Crippen molar-refractivity contribution < 1.29 is 13.6 Å². The maximum atomic E-state index is 14.3. The van der Waals surface area contributed by atoms with E-state index in [9.17, 15) is 4.39 Å². The highest BCUT2D eigenvalue weighted by Gasteiger charge is 2.34. The van der Waals surface area contributed by atoms with Gasteiger partial charge in [-0.1, -0.05) is 38.7 Å². The largest absolute Gasteiger partial charge is 0.487 e. The molecule has 1 radical (unpaired) electrons. The van der Waals surface area contributed by atoms with Crippen LogP contribution in [0.3, 0.4) is 0 Å². The molecule has 1 aromatic carbocycles. The molecule has 2 rings (SSSR count). The normalized spacial score (nSPS) is 18.1. The van der Waals surface area contributed by atoms with Crippen LogP contribution in [-0.4, -0.2) is 14.4 Å². The lowest BCUT2D eigenvalue weighted by atomic mass is 9.90. The second kappa shape index (κ2) is 9.36. The van der Waals surface area contributed by atoms with Crippen LogP contribution >= 0.6 is 0 Å². The summed E-state index contributed by atoms with van der Waals surface area (Å²) >= 11 is 0. The van der Waals surface area contributed by atoms with E-state index < -0.39 is 13.9 Å². The maximum absolute atomic E-state index is 14.3. The molecule has 26 heavy (non-hydrogen) atoms. The monoisotopic (exact) mass is 379 g/mol. The standard InChI is InChI=1S/C22H36FO2Si/c1-6-7-8-11-16-22(2,25-26(3,4)5)18-14-15-20(23)21(17-18)24-19-12-9-10-13-19/h14-15,17,19H,2,6-13,16H2,1,3-5H3. The van der Waals surface area contributed by atoms with Gasteiger partial charge in [0, 0.05) is 0 Å². The first-order valence-electron chi connectivity index (χ1n) is 10.3. The molecule has 0 aliphatic heterocycles. The molecule has 1 aliphatic rings. The molecule has 147 valence electrons. The first-order chi connectivity index (χ1) is 12.2. The Morgan fingerprint density at radius 1 is 1.15 bits per heavy atom. The first kappa shape index (κ1) is 21.4. The topological polar surface area (TPSA) is 18.5 Å². The summed E-state index contributed by atoms with van der Waals surface area (Å²) in [5.74, 6) is 0.0668. The summed E-state index contributed by atoms with van der Waals surface area (Å²) < 4.78 is 26.8. The third-order valence-electron chi connectivity index (χ3n) is 4.99. The lowest BCUT2D eigenvalue weighted by Crippen LogP contribution is -2.39. The lowest BCUT2D eigenvalue weighted by Gasteiger charge is -2.37. The number of benzene rings is 1. The second-order valence-corrected chi connectivity index (χ2v) is 13.1. The molecular formula is C22H36FO2Si. The molecule has 1 fully saturated rings. The van der Waals surface area contributed by atoms with Crippen LogP contribution in [0.1, 0.15) is 70.3 Å². The molecular weight excluding hydrogens is 343 g/mol. The van der Waals surface area contributed by atoms with Gasteiger partial charge in [-0.3, -0.25) is 0 Å². The molecule has 0 saturated heterocycles. The Morgan fingerprint density at radius 2 is 1.85 bits per heavy atom. The summed E-state index contributed by atoms with van der Waals surface area (Å²) in [5.41, 5.74) is 0.311. The molecule has 0 N–H and O–H groups in total. The van der Waals surface area contributed by atoms with Crippen molar-refractivity contribution in [2.45, 2.75) is 96.1 Å². The fourth-order valence-corrected chi connectivity index (χ4v) is 5.13. The molecule has 2 nitrogen and oxygen atoms in total. The van der Waals surface area contributed by atoms with E-state index in [0.29, 0.717) is 5.75 Å². The molecule has 1 aromatic rings. The molecule has 0 amide bonds. The predicted octanol–water partition coefficient (Wildman–Crippen LogP) is 7.00. The predicted molar refractivity (Wildman–Crippen MR) is 110 cm³/mol. The third kappa shape index (κ3) is 6.38. The fourth-order valence-electron chi connectivity index (χ4n) is 3.74. The van der Waals surface area contributed by atoms with E-state index in [1.54, 1.807) is 0 Å². The summed E-state index contributed by atoms with van der Waals surface area (Å²) in [7, 11) is -1.81. The highest BCUT2D eigenvalue weighted by atomic mass is 28.4. The van der Waals surface area contributed by atoms with Crippen LogP contribution in [0, 0.1) is 12.7 Å². The molecule has 1 unspecified atom stereocenters. The van der Waals surface area contributed by atoms with E-state index >= 15 is 0 Å². The van der Waals surface area contributed by atoms with Gasteiger partial charge in [0.1, 0.15) is 0 Å². The number of hydrogen-bond donors (Lipinski definition) is 0. The quantitative estimate of drug-likeness (QED) is 0.322. The summed E-state index contributed by atoms with van der Waals surface area (Å²) in [5, 5.41) is 0. The number of ether oxygens (including phenoxy) is 1. The Balaban J connectivity index is 2.21. The average molecular weight is 380 g/mol. The minimum absolute atomic E-state index is 0.140. The molecule has 1 saturated carbocycles. The van der Waals surface area contributed by atoms with E-state index in [1.165, 1.54) is 38.2 Å². The molecule has 0 bridgehead atoms. The zero-order valence-corrected chi connectivity index (χ0v) is 18.1. The summed E-state index contributed by atoms with van der Waals surface area (Å²) in [6.45, 7) is 13.2. The average Bonchev–Trinajstić information content (AvgIpc) is 3.05. The van der Waals surface area contributed by atoms with Crippen LogP contribution in [0.2, 0.25) is 19.6 Å². The molecule has 1 atom stereocenters. The highest BCUT2D eigenvalue weighted by molar-refractivity contribution is 6.69. The van der Waals surface area contributed by atoms with Gasteiger partial charge in [0.15, 0.2) is 19.9 Å². The highest BCUT2D eigenvalue weighted by Crippen LogP contribution is 2.37. The van der Waals surface area contributed by atoms with Crippen LogP contribution in [0.4, 0.5) is 4.39 Å². The third-order valence-corrected chi connectivity index (χ3v) is 5.99. The SMILES string of the molecule is [CH2]C(CCCCCC)(O[Si](C)(C)C)c1ccc(F)c(OC2CCCC2)c1. The van der Waals surface area contributed by atoms with E-state index in [4.69, 9.17) is 9.16 Å². The van der Waals surface area contributed by atoms with Crippen molar-refractivity contribution in [3.05, 3.63) is 36.5 Å². The molecule has 0 aromatic heterocycles. The van der Waals surface area contributed by atoms with Gasteiger partial charge in [0.25, 0.3) is 0 Å². The number of hydrogen-bond acceptors (Lipinski definition) is 2. The Bertz CT molecular complexity index is 564. The van der Waals surface area contributed by atoms with Crippen LogP contribution in [0.25, 0.3) is 0 Å². The van der Waals surface area contributed by atoms with Crippen LogP contribution in [-0.2, 0) is 10.0 Å². The van der Waals surface area contributed by atoms with Crippen molar-refractivity contribution in [3.8, 4) is 5.75 Å². The Hall–Kier alpha value is -0.873. The Morgan fingerprint density at radius 3 is 2.46 bits per heavy atom. The molecule has 0 heterocycles. The van der Waals surface area contributed by atoms with Crippen molar-refractivity contribution in [2.24, 2.45) is 0 Å². The van der Waals surface area contributed by atoms with E-state index in [-0.39, 0.29) is 11.9 Å². The van der Waals surface area contributed by atoms with E-state index in [2.05, 4.69) is 33.5 Å². The molecule has 4 heteroatoms. The van der Waals surface area contributed by atoms with Crippen molar-refractivity contribution in [1.82, 2.24) is 0 Å². The lowest BCUT2D eigenvalue weighted by molar-refractivity contribution is 0.0929. The van der Waals surface area contributed by atoms with E-state index in [0.717, 1.165) is 31.2 Å². The van der Waals surface area contributed by atoms with Gasteiger partial charge in [-0.25, -0.2) is 4.39 Å². The van der Waals surface area contributed by atoms with Gasteiger partial charge in [0.05, 0.1) is 11.7 Å². The van der Waals surface area contributed by atoms with Crippen molar-refractivity contribution >= 4 is 8.32 Å². The van der Waals surface area contributed by atoms with Crippen LogP contribution in [0.15, 0.2) is 18.2 Å².